The van der Waals surface area contributed by atoms with Crippen LogP contribution in [0.2, 0.25) is 0 Å². The molecule has 0 radical (unpaired) electrons. The topological polar surface area (TPSA) is 111 Å². The van der Waals surface area contributed by atoms with Crippen molar-refractivity contribution in [2.24, 2.45) is 5.92 Å². The van der Waals surface area contributed by atoms with Gasteiger partial charge in [0.15, 0.2) is 11.5 Å². The Morgan fingerprint density at radius 1 is 1.09 bits per heavy atom. The van der Waals surface area contributed by atoms with Gasteiger partial charge in [-0.1, -0.05) is 31.5 Å². The van der Waals surface area contributed by atoms with E-state index in [1.165, 1.54) is 0 Å². The Hall–Kier alpha value is -4.31. The zero-order valence-corrected chi connectivity index (χ0v) is 24.9. The smallest absolute Gasteiger partial charge is 0.308 e. The number of ether oxygens (including phenoxy) is 4. The molecule has 2 aromatic carbocycles. The van der Waals surface area contributed by atoms with Crippen molar-refractivity contribution in [2.75, 3.05) is 45.5 Å². The van der Waals surface area contributed by atoms with Gasteiger partial charge in [0, 0.05) is 31.2 Å². The number of carbonyl (C=O) groups is 2. The average Bonchev–Trinajstić information content (AvgIpc) is 3.65. The fourth-order valence-electron chi connectivity index (χ4n) is 6.25. The van der Waals surface area contributed by atoms with E-state index in [9.17, 15) is 14.7 Å². The van der Waals surface area contributed by atoms with E-state index in [-0.39, 0.29) is 19.2 Å². The van der Waals surface area contributed by atoms with Crippen LogP contribution in [0.5, 0.6) is 23.0 Å². The van der Waals surface area contributed by atoms with Gasteiger partial charge in [0.2, 0.25) is 18.4 Å². The van der Waals surface area contributed by atoms with Gasteiger partial charge in [0.25, 0.3) is 0 Å². The number of aryl methyl sites for hydroxylation is 1. The molecule has 1 N–H and O–H groups in total. The van der Waals surface area contributed by atoms with Gasteiger partial charge < -0.3 is 29.0 Å². The number of rotatable bonds is 13. The number of likely N-dealkylation sites (tertiary alicyclic amines) is 1. The SMILES string of the molecule is CCCCN(C(=O)CN1C[C@H](c2cc(OC)c3c(c2)OCO3)C(C(=O)O)[C@@H]1CCc1ccccc1OC)c1cccnc1. The number of hydrogen-bond acceptors (Lipinski definition) is 8. The first-order valence-corrected chi connectivity index (χ1v) is 14.7. The Kier molecular flexibility index (Phi) is 9.66. The maximum absolute atomic E-state index is 13.9. The van der Waals surface area contributed by atoms with Gasteiger partial charge in [-0.05, 0) is 60.7 Å². The van der Waals surface area contributed by atoms with Crippen molar-refractivity contribution >= 4 is 17.6 Å². The average molecular weight is 590 g/mol. The highest BCUT2D eigenvalue weighted by molar-refractivity contribution is 5.94. The molecule has 1 fully saturated rings. The molecule has 5 rings (SSSR count). The molecule has 1 saturated heterocycles. The van der Waals surface area contributed by atoms with Crippen LogP contribution in [0, 0.1) is 5.92 Å². The van der Waals surface area contributed by atoms with E-state index in [0.29, 0.717) is 43.2 Å². The van der Waals surface area contributed by atoms with Gasteiger partial charge in [-0.25, -0.2) is 0 Å². The lowest BCUT2D eigenvalue weighted by atomic mass is 9.83. The Bertz CT molecular complexity index is 1420. The summed E-state index contributed by atoms with van der Waals surface area (Å²) in [6.07, 6.45) is 6.28. The first-order chi connectivity index (χ1) is 20.9. The van der Waals surface area contributed by atoms with Crippen molar-refractivity contribution in [1.82, 2.24) is 9.88 Å². The van der Waals surface area contributed by atoms with E-state index in [4.69, 9.17) is 18.9 Å². The summed E-state index contributed by atoms with van der Waals surface area (Å²) >= 11 is 0. The number of methoxy groups -OCH3 is 2. The minimum atomic E-state index is -0.906. The van der Waals surface area contributed by atoms with Crippen LogP contribution in [0.25, 0.3) is 0 Å². The molecular weight excluding hydrogens is 550 g/mol. The van der Waals surface area contributed by atoms with Crippen LogP contribution in [0.4, 0.5) is 5.69 Å². The number of fused-ring (bicyclic) bond motifs is 1. The van der Waals surface area contributed by atoms with E-state index < -0.39 is 23.8 Å². The number of anilines is 1. The number of hydrogen-bond donors (Lipinski definition) is 1. The molecule has 2 aliphatic rings. The summed E-state index contributed by atoms with van der Waals surface area (Å²) in [5.74, 6) is 0.133. The first kappa shape index (κ1) is 30.2. The van der Waals surface area contributed by atoms with Gasteiger partial charge in [-0.2, -0.15) is 0 Å². The number of unbranched alkanes of at least 4 members (excludes halogenated alkanes) is 1. The summed E-state index contributed by atoms with van der Waals surface area (Å²) in [5.41, 5.74) is 2.51. The Morgan fingerprint density at radius 3 is 2.63 bits per heavy atom. The summed E-state index contributed by atoms with van der Waals surface area (Å²) < 4.78 is 22.4. The number of amides is 1. The van der Waals surface area contributed by atoms with Crippen molar-refractivity contribution in [3.63, 3.8) is 0 Å². The summed E-state index contributed by atoms with van der Waals surface area (Å²) in [7, 11) is 3.18. The largest absolute Gasteiger partial charge is 0.496 e. The number of carbonyl (C=O) groups excluding carboxylic acids is 1. The van der Waals surface area contributed by atoms with Gasteiger partial charge in [-0.3, -0.25) is 19.5 Å². The molecule has 0 bridgehead atoms. The molecule has 10 heteroatoms. The molecule has 1 unspecified atom stereocenters. The van der Waals surface area contributed by atoms with Crippen LogP contribution in [0.1, 0.15) is 43.2 Å². The third kappa shape index (κ3) is 6.54. The number of aromatic nitrogens is 1. The van der Waals surface area contributed by atoms with Crippen molar-refractivity contribution < 1.29 is 33.6 Å². The Balaban J connectivity index is 1.48. The summed E-state index contributed by atoms with van der Waals surface area (Å²) in [6.45, 7) is 3.19. The maximum atomic E-state index is 13.9. The van der Waals surface area contributed by atoms with Crippen LogP contribution < -0.4 is 23.8 Å². The van der Waals surface area contributed by atoms with Crippen LogP contribution in [0.3, 0.4) is 0 Å². The molecule has 43 heavy (non-hydrogen) atoms. The third-order valence-corrected chi connectivity index (χ3v) is 8.38. The molecule has 0 aliphatic carbocycles. The van der Waals surface area contributed by atoms with Crippen molar-refractivity contribution in [2.45, 2.75) is 44.6 Å². The standard InChI is InChI=1S/C33H39N3O7/c1-4-5-15-36(24-10-8-14-34-18-24)30(37)20-35-19-25(23-16-28(41-3)32-29(17-23)42-21-43-32)31(33(38)39)26(35)13-12-22-9-6-7-11-27(22)40-2/h6-11,14,16-18,25-26,31H,4-5,12-13,15,19-21H2,1-3H3,(H,38,39)/t25-,26+,31?/m1/s1. The summed E-state index contributed by atoms with van der Waals surface area (Å²) in [5, 5.41) is 10.6. The van der Waals surface area contributed by atoms with Gasteiger partial charge in [0.1, 0.15) is 5.75 Å². The molecule has 2 aliphatic heterocycles. The Labute approximate surface area is 252 Å². The van der Waals surface area contributed by atoms with E-state index in [2.05, 4.69) is 11.9 Å². The predicted octanol–water partition coefficient (Wildman–Crippen LogP) is 4.76. The molecule has 3 aromatic rings. The van der Waals surface area contributed by atoms with Crippen molar-refractivity contribution in [3.05, 3.63) is 72.1 Å². The van der Waals surface area contributed by atoms with Gasteiger partial charge in [0.05, 0.1) is 38.6 Å². The number of benzene rings is 2. The highest BCUT2D eigenvalue weighted by Gasteiger charge is 2.47. The normalized spacial score (nSPS) is 19.3. The van der Waals surface area contributed by atoms with E-state index in [0.717, 1.165) is 35.4 Å². The molecule has 3 atom stereocenters. The molecular formula is C33H39N3O7. The van der Waals surface area contributed by atoms with E-state index in [1.807, 2.05) is 53.4 Å². The number of carboxylic acid groups (broad SMARTS) is 1. The lowest BCUT2D eigenvalue weighted by Crippen LogP contribution is -2.44. The van der Waals surface area contributed by atoms with Crippen LogP contribution >= 0.6 is 0 Å². The van der Waals surface area contributed by atoms with Gasteiger partial charge in [-0.15, -0.1) is 0 Å². The molecule has 3 heterocycles. The number of nitrogens with zero attached hydrogens (tertiary/aromatic N) is 3. The number of aliphatic carboxylic acids is 1. The van der Waals surface area contributed by atoms with E-state index in [1.54, 1.807) is 31.5 Å². The first-order valence-electron chi connectivity index (χ1n) is 14.7. The van der Waals surface area contributed by atoms with Crippen molar-refractivity contribution in [3.8, 4) is 23.0 Å². The second-order valence-corrected chi connectivity index (χ2v) is 10.9. The summed E-state index contributed by atoms with van der Waals surface area (Å²) in [4.78, 5) is 35.0. The molecule has 0 spiro atoms. The molecule has 1 aromatic heterocycles. The second-order valence-electron chi connectivity index (χ2n) is 10.9. The highest BCUT2D eigenvalue weighted by Crippen LogP contribution is 2.47. The maximum Gasteiger partial charge on any atom is 0.308 e. The quantitative estimate of drug-likeness (QED) is 0.302. The third-order valence-electron chi connectivity index (χ3n) is 8.38. The van der Waals surface area contributed by atoms with Crippen molar-refractivity contribution in [1.29, 1.82) is 0 Å². The Morgan fingerprint density at radius 2 is 1.91 bits per heavy atom. The lowest BCUT2D eigenvalue weighted by molar-refractivity contribution is -0.143. The predicted molar refractivity (Wildman–Crippen MR) is 161 cm³/mol. The fraction of sp³-hybridized carbons (Fsp3) is 0.424. The molecule has 0 saturated carbocycles. The zero-order chi connectivity index (χ0) is 30.3. The number of pyridine rings is 1. The molecule has 10 nitrogen and oxygen atoms in total. The fourth-order valence-corrected chi connectivity index (χ4v) is 6.25. The van der Waals surface area contributed by atoms with Crippen LogP contribution in [-0.4, -0.2) is 73.6 Å². The van der Waals surface area contributed by atoms with E-state index >= 15 is 0 Å². The molecule has 1 amide bonds. The molecule has 228 valence electrons. The zero-order valence-electron chi connectivity index (χ0n) is 24.9. The number of para-hydroxylation sites is 1. The van der Waals surface area contributed by atoms with Crippen LogP contribution in [0.15, 0.2) is 60.9 Å². The highest BCUT2D eigenvalue weighted by atomic mass is 16.7. The van der Waals surface area contributed by atoms with Crippen LogP contribution in [-0.2, 0) is 16.0 Å². The summed E-state index contributed by atoms with van der Waals surface area (Å²) in [6, 6.07) is 14.7. The monoisotopic (exact) mass is 589 g/mol. The minimum Gasteiger partial charge on any atom is -0.496 e. The minimum absolute atomic E-state index is 0.0757. The number of carboxylic acids is 1. The lowest BCUT2D eigenvalue weighted by Gasteiger charge is -2.30. The van der Waals surface area contributed by atoms with Gasteiger partial charge >= 0.3 is 5.97 Å². The second kappa shape index (κ2) is 13.8.